The molecule has 1 aromatic rings. The Morgan fingerprint density at radius 2 is 2.36 bits per heavy atom. The second-order valence-corrected chi connectivity index (χ2v) is 4.01. The minimum Gasteiger partial charge on any atom is -0.301 e. The van der Waals surface area contributed by atoms with Gasteiger partial charge in [0.1, 0.15) is 0 Å². The average Bonchev–Trinajstić information content (AvgIpc) is 2.34. The van der Waals surface area contributed by atoms with E-state index in [1.807, 2.05) is 0 Å². The summed E-state index contributed by atoms with van der Waals surface area (Å²) in [6.07, 6.45) is 0. The van der Waals surface area contributed by atoms with Gasteiger partial charge >= 0.3 is 0 Å². The molecule has 2 rings (SSSR count). The molecule has 0 aromatic carbocycles. The van der Waals surface area contributed by atoms with Crippen molar-refractivity contribution in [3.05, 3.63) is 26.3 Å². The minimum atomic E-state index is -0.00752. The largest absolute Gasteiger partial charge is 0.301 e. The van der Waals surface area contributed by atoms with E-state index < -0.39 is 0 Å². The van der Waals surface area contributed by atoms with Gasteiger partial charge in [0.15, 0.2) is 4.73 Å². The Morgan fingerprint density at radius 3 is 3.18 bits per heavy atom. The topological polar surface area (TPSA) is 45.8 Å². The van der Waals surface area contributed by atoms with E-state index in [9.17, 15) is 4.79 Å². The van der Waals surface area contributed by atoms with Crippen molar-refractivity contribution in [3.8, 4) is 0 Å². The molecule has 1 aromatic heterocycles. The van der Waals surface area contributed by atoms with Gasteiger partial charge in [-0.15, -0.1) is 0 Å². The molecule has 0 radical (unpaired) electrons. The molecule has 58 valence electrons. The van der Waals surface area contributed by atoms with E-state index in [4.69, 9.17) is 0 Å². The molecule has 2 heterocycles. The third-order valence-electron chi connectivity index (χ3n) is 1.56. The van der Waals surface area contributed by atoms with Crippen LogP contribution in [0.25, 0.3) is 0 Å². The lowest BCUT2D eigenvalue weighted by Gasteiger charge is -1.94. The molecule has 11 heavy (non-hydrogen) atoms. The summed E-state index contributed by atoms with van der Waals surface area (Å²) in [7, 11) is 0. The quantitative estimate of drug-likeness (QED) is 0.686. The van der Waals surface area contributed by atoms with Gasteiger partial charge in [-0.1, -0.05) is 0 Å². The maximum atomic E-state index is 11.2. The van der Waals surface area contributed by atoms with Gasteiger partial charge in [0.2, 0.25) is 0 Å². The zero-order valence-electron chi connectivity index (χ0n) is 5.56. The highest BCUT2D eigenvalue weighted by molar-refractivity contribution is 9.10. The molecule has 1 aliphatic rings. The predicted octanol–water partition coefficient (Wildman–Crippen LogP) is 1.28. The number of hydrogen-bond donors (Lipinski definition) is 1. The highest BCUT2D eigenvalue weighted by Gasteiger charge is 2.16. The van der Waals surface area contributed by atoms with Crippen molar-refractivity contribution in [1.82, 2.24) is 9.97 Å². The smallest absolute Gasteiger partial charge is 0.255 e. The van der Waals surface area contributed by atoms with Crippen LogP contribution in [-0.4, -0.2) is 9.97 Å². The standard InChI is InChI=1S/C6H5BrN2OS/c7-6-8-4-2-11-1-3(4)5(10)9-6/h1-2H2,(H,8,9,10). The van der Waals surface area contributed by atoms with E-state index in [1.165, 1.54) is 0 Å². The maximum absolute atomic E-state index is 11.2. The lowest BCUT2D eigenvalue weighted by Crippen LogP contribution is -2.13. The normalized spacial score (nSPS) is 15.0. The highest BCUT2D eigenvalue weighted by atomic mass is 79.9. The summed E-state index contributed by atoms with van der Waals surface area (Å²) < 4.78 is 0.531. The predicted molar refractivity (Wildman–Crippen MR) is 47.6 cm³/mol. The highest BCUT2D eigenvalue weighted by Crippen LogP contribution is 2.25. The summed E-state index contributed by atoms with van der Waals surface area (Å²) >= 11 is 4.86. The van der Waals surface area contributed by atoms with Crippen LogP contribution in [0, 0.1) is 0 Å². The van der Waals surface area contributed by atoms with Crippen LogP contribution in [0.15, 0.2) is 9.53 Å². The van der Waals surface area contributed by atoms with Crippen LogP contribution >= 0.6 is 27.7 Å². The average molecular weight is 233 g/mol. The van der Waals surface area contributed by atoms with E-state index in [0.717, 1.165) is 22.8 Å². The molecule has 0 amide bonds. The Bertz CT molecular complexity index is 349. The SMILES string of the molecule is O=c1[nH]c(Br)nc2c1CSC2. The molecule has 0 unspecified atom stereocenters. The molecule has 1 N–H and O–H groups in total. The van der Waals surface area contributed by atoms with Crippen molar-refractivity contribution in [2.75, 3.05) is 0 Å². The molecule has 0 saturated heterocycles. The lowest BCUT2D eigenvalue weighted by molar-refractivity contribution is 0.987. The van der Waals surface area contributed by atoms with E-state index in [1.54, 1.807) is 11.8 Å². The van der Waals surface area contributed by atoms with Crippen LogP contribution in [0.1, 0.15) is 11.3 Å². The molecule has 0 atom stereocenters. The number of hydrogen-bond acceptors (Lipinski definition) is 3. The number of thioether (sulfide) groups is 1. The van der Waals surface area contributed by atoms with Gasteiger partial charge in [-0.3, -0.25) is 4.79 Å². The zero-order chi connectivity index (χ0) is 7.84. The summed E-state index contributed by atoms with van der Waals surface area (Å²) in [5.74, 6) is 1.66. The minimum absolute atomic E-state index is 0.00752. The summed E-state index contributed by atoms with van der Waals surface area (Å²) in [6.45, 7) is 0. The molecule has 0 aliphatic carbocycles. The fraction of sp³-hybridized carbons (Fsp3) is 0.333. The Morgan fingerprint density at radius 1 is 1.55 bits per heavy atom. The Labute approximate surface area is 75.7 Å². The van der Waals surface area contributed by atoms with Crippen LogP contribution in [0.3, 0.4) is 0 Å². The number of aromatic nitrogens is 2. The fourth-order valence-corrected chi connectivity index (χ4v) is 2.46. The Kier molecular flexibility index (Phi) is 1.77. The third-order valence-corrected chi connectivity index (χ3v) is 2.90. The van der Waals surface area contributed by atoms with Crippen molar-refractivity contribution in [2.45, 2.75) is 11.5 Å². The molecule has 5 heteroatoms. The van der Waals surface area contributed by atoms with Gasteiger partial charge in [0.05, 0.1) is 5.69 Å². The molecule has 0 fully saturated rings. The fourth-order valence-electron chi connectivity index (χ4n) is 1.03. The molecule has 0 saturated carbocycles. The number of halogens is 1. The van der Waals surface area contributed by atoms with Crippen LogP contribution in [0.4, 0.5) is 0 Å². The first-order valence-corrected chi connectivity index (χ1v) is 5.07. The van der Waals surface area contributed by atoms with E-state index in [2.05, 4.69) is 25.9 Å². The van der Waals surface area contributed by atoms with Crippen molar-refractivity contribution in [1.29, 1.82) is 0 Å². The second-order valence-electron chi connectivity index (χ2n) is 2.27. The first-order chi connectivity index (χ1) is 5.27. The van der Waals surface area contributed by atoms with E-state index in [-0.39, 0.29) is 5.56 Å². The van der Waals surface area contributed by atoms with Crippen LogP contribution in [0.5, 0.6) is 0 Å². The van der Waals surface area contributed by atoms with E-state index in [0.29, 0.717) is 4.73 Å². The second kappa shape index (κ2) is 2.64. The van der Waals surface area contributed by atoms with Gasteiger partial charge in [-0.05, 0) is 15.9 Å². The molecular weight excluding hydrogens is 228 g/mol. The Hall–Kier alpha value is -0.290. The summed E-state index contributed by atoms with van der Waals surface area (Å²) in [5.41, 5.74) is 1.75. The lowest BCUT2D eigenvalue weighted by atomic mass is 10.3. The zero-order valence-corrected chi connectivity index (χ0v) is 7.96. The molecule has 1 aliphatic heterocycles. The Balaban J connectivity index is 2.70. The monoisotopic (exact) mass is 232 g/mol. The molecule has 0 spiro atoms. The van der Waals surface area contributed by atoms with E-state index >= 15 is 0 Å². The number of nitrogens with one attached hydrogen (secondary N) is 1. The first-order valence-electron chi connectivity index (χ1n) is 3.12. The van der Waals surface area contributed by atoms with Crippen molar-refractivity contribution >= 4 is 27.7 Å². The van der Waals surface area contributed by atoms with Crippen molar-refractivity contribution < 1.29 is 0 Å². The van der Waals surface area contributed by atoms with Gasteiger partial charge in [0, 0.05) is 17.1 Å². The van der Waals surface area contributed by atoms with Gasteiger partial charge in [-0.2, -0.15) is 11.8 Å². The van der Waals surface area contributed by atoms with Crippen LogP contribution in [-0.2, 0) is 11.5 Å². The summed E-state index contributed by atoms with van der Waals surface area (Å²) in [5, 5.41) is 0. The van der Waals surface area contributed by atoms with Gasteiger partial charge in [0.25, 0.3) is 5.56 Å². The summed E-state index contributed by atoms with van der Waals surface area (Å²) in [6, 6.07) is 0. The number of aromatic amines is 1. The molecule has 3 nitrogen and oxygen atoms in total. The van der Waals surface area contributed by atoms with Crippen LogP contribution in [0.2, 0.25) is 0 Å². The molecular formula is C6H5BrN2OS. The van der Waals surface area contributed by atoms with Crippen molar-refractivity contribution in [3.63, 3.8) is 0 Å². The van der Waals surface area contributed by atoms with Crippen LogP contribution < -0.4 is 5.56 Å². The number of fused-ring (bicyclic) bond motifs is 1. The number of rotatable bonds is 0. The maximum Gasteiger partial charge on any atom is 0.255 e. The van der Waals surface area contributed by atoms with Gasteiger partial charge < -0.3 is 4.98 Å². The van der Waals surface area contributed by atoms with Crippen molar-refractivity contribution in [2.24, 2.45) is 0 Å². The molecule has 0 bridgehead atoms. The third kappa shape index (κ3) is 1.22. The number of nitrogens with zero attached hydrogens (tertiary/aromatic N) is 1. The van der Waals surface area contributed by atoms with Gasteiger partial charge in [-0.25, -0.2) is 4.98 Å². The first kappa shape index (κ1) is 7.36. The number of H-pyrrole nitrogens is 1. The summed E-state index contributed by atoms with van der Waals surface area (Å²) in [4.78, 5) is 18.0.